The number of fused-ring (bicyclic) bond motifs is 6. The van der Waals surface area contributed by atoms with Crippen LogP contribution >= 0.6 is 0 Å². The lowest BCUT2D eigenvalue weighted by atomic mass is 9.95. The van der Waals surface area contributed by atoms with Gasteiger partial charge in [-0.1, -0.05) is 218 Å². The fourth-order valence-corrected chi connectivity index (χ4v) is 14.0. The largest absolute Gasteiger partial charge is 0.309 e. The summed E-state index contributed by atoms with van der Waals surface area (Å²) >= 11 is 0. The van der Waals surface area contributed by atoms with Gasteiger partial charge in [-0.05, 0) is 170 Å². The van der Waals surface area contributed by atoms with E-state index in [1.807, 2.05) is 109 Å². The van der Waals surface area contributed by atoms with E-state index in [0.29, 0.717) is 51.0 Å². The lowest BCUT2D eigenvalue weighted by Gasteiger charge is -2.18. The highest BCUT2D eigenvalue weighted by atomic mass is 15.0. The van der Waals surface area contributed by atoms with Crippen LogP contribution in [-0.4, -0.2) is 24.1 Å². The minimum Gasteiger partial charge on any atom is -0.309 e. The van der Waals surface area contributed by atoms with Crippen LogP contribution in [0.4, 0.5) is 5.69 Å². The van der Waals surface area contributed by atoms with Crippen molar-refractivity contribution in [2.45, 2.75) is 0 Å². The van der Waals surface area contributed by atoms with E-state index in [4.69, 9.17) is 21.5 Å². The van der Waals surface area contributed by atoms with Crippen LogP contribution in [0.25, 0.3) is 172 Å². The quantitative estimate of drug-likeness (QED) is 0.113. The molecule has 0 aliphatic rings. The van der Waals surface area contributed by atoms with Crippen LogP contribution in [-0.2, 0) is 0 Å². The lowest BCUT2D eigenvalue weighted by Crippen LogP contribution is -2.03. The zero-order chi connectivity index (χ0) is 65.6. The highest BCUT2D eigenvalue weighted by molar-refractivity contribution is 6.14. The van der Waals surface area contributed by atoms with E-state index in [0.717, 1.165) is 133 Å². The van der Waals surface area contributed by atoms with Gasteiger partial charge < -0.3 is 9.13 Å². The summed E-state index contributed by atoms with van der Waals surface area (Å²) in [6.07, 6.45) is 0. The van der Waals surface area contributed by atoms with Gasteiger partial charge in [-0.3, -0.25) is 0 Å². The van der Waals surface area contributed by atoms with E-state index in [9.17, 15) is 10.5 Å². The van der Waals surface area contributed by atoms with Crippen molar-refractivity contribution in [1.29, 1.82) is 10.5 Å². The predicted molar refractivity (Wildman–Crippen MR) is 399 cm³/mol. The molecule has 8 nitrogen and oxygen atoms in total. The molecule has 0 spiro atoms. The van der Waals surface area contributed by atoms with Gasteiger partial charge in [0.1, 0.15) is 0 Å². The van der Waals surface area contributed by atoms with E-state index in [2.05, 4.69) is 245 Å². The molecule has 0 radical (unpaired) electrons. The van der Waals surface area contributed by atoms with E-state index < -0.39 is 0 Å². The zero-order valence-corrected chi connectivity index (χ0v) is 52.8. The third kappa shape index (κ3) is 10.4. The van der Waals surface area contributed by atoms with Crippen LogP contribution in [0.3, 0.4) is 0 Å². The van der Waals surface area contributed by atoms with Gasteiger partial charge in [-0.15, -0.1) is 0 Å². The Kier molecular flexibility index (Phi) is 14.5. The molecule has 3 heterocycles. The Morgan fingerprint density at radius 1 is 0.265 bits per heavy atom. The van der Waals surface area contributed by atoms with Crippen LogP contribution in [0.2, 0.25) is 0 Å². The normalized spacial score (nSPS) is 11.2. The molecule has 0 N–H and O–H groups in total. The van der Waals surface area contributed by atoms with Gasteiger partial charge >= 0.3 is 0 Å². The Morgan fingerprint density at radius 2 is 0.633 bits per heavy atom. The number of benzene rings is 14. The number of hydrogen-bond donors (Lipinski definition) is 0. The lowest BCUT2D eigenvalue weighted by molar-refractivity contribution is 1.07. The molecule has 8 heteroatoms. The third-order valence-electron chi connectivity index (χ3n) is 18.7. The van der Waals surface area contributed by atoms with Crippen LogP contribution < -0.4 is 0 Å². The number of hydrogen-bond acceptors (Lipinski definition) is 5. The minimum absolute atomic E-state index is 0.405. The molecule has 0 amide bonds. The maximum absolute atomic E-state index is 10.6. The average molecular weight is 1250 g/mol. The molecule has 454 valence electrons. The summed E-state index contributed by atoms with van der Waals surface area (Å²) in [6.45, 7) is 8.24. The summed E-state index contributed by atoms with van der Waals surface area (Å²) in [7, 11) is 0. The summed E-state index contributed by atoms with van der Waals surface area (Å²) in [5, 5.41) is 25.5. The molecule has 98 heavy (non-hydrogen) atoms. The van der Waals surface area contributed by atoms with Crippen molar-refractivity contribution in [1.82, 2.24) is 24.1 Å². The first-order valence-electron chi connectivity index (χ1n) is 32.4. The Labute approximate surface area is 566 Å². The summed E-state index contributed by atoms with van der Waals surface area (Å²) in [5.74, 6) is 1.22. The Bertz CT molecular complexity index is 5630. The van der Waals surface area contributed by atoms with Gasteiger partial charge in [0.2, 0.25) is 0 Å². The van der Waals surface area contributed by atoms with Crippen molar-refractivity contribution in [2.24, 2.45) is 0 Å². The van der Waals surface area contributed by atoms with Crippen molar-refractivity contribution < 1.29 is 0 Å². The third-order valence-corrected chi connectivity index (χ3v) is 18.7. The van der Waals surface area contributed by atoms with Crippen molar-refractivity contribution in [3.05, 3.63) is 350 Å². The van der Waals surface area contributed by atoms with Crippen molar-refractivity contribution >= 4 is 49.3 Å². The second-order valence-corrected chi connectivity index (χ2v) is 24.4. The van der Waals surface area contributed by atoms with Crippen LogP contribution in [0.15, 0.2) is 328 Å². The summed E-state index contributed by atoms with van der Waals surface area (Å²) in [5.41, 5.74) is 23.5. The molecule has 0 unspecified atom stereocenters. The first-order valence-corrected chi connectivity index (χ1v) is 32.4. The molecule has 14 aromatic carbocycles. The van der Waals surface area contributed by atoms with Crippen molar-refractivity contribution in [3.8, 4) is 136 Å². The van der Waals surface area contributed by atoms with E-state index >= 15 is 0 Å². The van der Waals surface area contributed by atoms with Gasteiger partial charge in [0.25, 0.3) is 0 Å². The minimum atomic E-state index is 0.405. The van der Waals surface area contributed by atoms with E-state index in [1.54, 1.807) is 0 Å². The van der Waals surface area contributed by atoms with Gasteiger partial charge in [-0.25, -0.2) is 19.8 Å². The van der Waals surface area contributed by atoms with Gasteiger partial charge in [-0.2, -0.15) is 10.5 Å². The fourth-order valence-electron chi connectivity index (χ4n) is 14.0. The number of nitrogens with zero attached hydrogens (tertiary/aromatic N) is 8. The van der Waals surface area contributed by atoms with Gasteiger partial charge in [0.15, 0.2) is 23.2 Å². The zero-order valence-electron chi connectivity index (χ0n) is 52.8. The molecular formula is C90H54N8. The molecular weight excluding hydrogens is 1190 g/mol. The second-order valence-electron chi connectivity index (χ2n) is 24.4. The number of nitriles is 2. The standard InChI is InChI=1S/C90H54N8/c1-93-72-32-19-31-68(49-72)77-55-70(41-47-83(77)98-86-44-38-65(61-25-10-4-11-26-61)52-80(86)81-53-66(39-45-87(81)98)62-27-12-5-13-28-62)89-94-88(95-90(96-89)75-35-17-16-34-74(75)73-33-15-14-29-71(73)57-92)69-40-46-82(76(54-69)67-30-18-20-58(48-67)56-91)97-84-42-36-63(59-21-6-2-7-22-59)50-78(84)79-51-64(37-43-85(79)97)60-23-8-3-9-24-60/h2-55H. The van der Waals surface area contributed by atoms with Crippen LogP contribution in [0.1, 0.15) is 11.1 Å². The monoisotopic (exact) mass is 1250 g/mol. The number of rotatable bonds is 12. The maximum Gasteiger partial charge on any atom is 0.187 e. The topological polar surface area (TPSA) is 100 Å². The fraction of sp³-hybridized carbons (Fsp3) is 0. The molecule has 0 aliphatic heterocycles. The highest BCUT2D eigenvalue weighted by Gasteiger charge is 2.24. The molecule has 0 atom stereocenters. The summed E-state index contributed by atoms with van der Waals surface area (Å²) < 4.78 is 4.68. The van der Waals surface area contributed by atoms with Crippen LogP contribution in [0, 0.1) is 29.2 Å². The molecule has 0 bridgehead atoms. The first-order chi connectivity index (χ1) is 48.4. The number of aromatic nitrogens is 5. The van der Waals surface area contributed by atoms with Gasteiger partial charge in [0, 0.05) is 54.9 Å². The van der Waals surface area contributed by atoms with Crippen molar-refractivity contribution in [3.63, 3.8) is 0 Å². The molecule has 17 rings (SSSR count). The Balaban J connectivity index is 0.901. The smallest absolute Gasteiger partial charge is 0.187 e. The van der Waals surface area contributed by atoms with Crippen molar-refractivity contribution in [2.75, 3.05) is 0 Å². The SMILES string of the molecule is [C-]#[N+]c1cccc(-c2cc(-c3nc(-c4ccc(-n5c6ccc(-c7ccccc7)cc6c6cc(-c7ccccc7)ccc65)c(-c5cccc(C#N)c5)c4)nc(-c4ccccc4-c4ccccc4C#N)n3)ccc2-n2c3ccc(-c4ccccc4)cc3c3cc(-c4ccccc4)ccc32)c1. The molecule has 0 saturated carbocycles. The summed E-state index contributed by atoms with van der Waals surface area (Å²) in [4.78, 5) is 20.4. The Morgan fingerprint density at radius 3 is 1.06 bits per heavy atom. The summed E-state index contributed by atoms with van der Waals surface area (Å²) in [6, 6.07) is 118. The Hall–Kier alpha value is -13.8. The molecule has 17 aromatic rings. The maximum atomic E-state index is 10.6. The first kappa shape index (κ1) is 58.0. The van der Waals surface area contributed by atoms with Crippen LogP contribution in [0.5, 0.6) is 0 Å². The van der Waals surface area contributed by atoms with E-state index in [-0.39, 0.29) is 0 Å². The molecule has 0 fully saturated rings. The van der Waals surface area contributed by atoms with Gasteiger partial charge in [0.05, 0.1) is 63.3 Å². The van der Waals surface area contributed by atoms with E-state index in [1.165, 1.54) is 0 Å². The molecule has 3 aromatic heterocycles. The molecule has 0 aliphatic carbocycles. The predicted octanol–water partition coefficient (Wildman–Crippen LogP) is 23.0. The average Bonchev–Trinajstić information content (AvgIpc) is 1.52. The molecule has 0 saturated heterocycles. The highest BCUT2D eigenvalue weighted by Crippen LogP contribution is 2.45. The second kappa shape index (κ2) is 24.6.